The zero-order valence-electron chi connectivity index (χ0n) is 8.00. The van der Waals surface area contributed by atoms with Gasteiger partial charge < -0.3 is 5.11 Å². The number of carboxylic acids is 1. The highest BCUT2D eigenvalue weighted by molar-refractivity contribution is 5.72. The number of carboxylic acid groups (broad SMARTS) is 1. The van der Waals surface area contributed by atoms with E-state index in [9.17, 15) is 9.18 Å². The van der Waals surface area contributed by atoms with Crippen molar-refractivity contribution in [3.05, 3.63) is 0 Å². The zero-order chi connectivity index (χ0) is 9.84. The molecule has 1 aliphatic rings. The Kier molecular flexibility index (Phi) is 3.70. The molecule has 3 unspecified atom stereocenters. The van der Waals surface area contributed by atoms with Gasteiger partial charge in [0.15, 0.2) is 6.17 Å². The average molecular weight is 188 g/mol. The van der Waals surface area contributed by atoms with Crippen LogP contribution in [0, 0.1) is 11.8 Å². The topological polar surface area (TPSA) is 37.3 Å². The van der Waals surface area contributed by atoms with Gasteiger partial charge in [-0.15, -0.1) is 0 Å². The summed E-state index contributed by atoms with van der Waals surface area (Å²) in [6.45, 7) is 2.15. The van der Waals surface area contributed by atoms with Crippen LogP contribution in [0.2, 0.25) is 0 Å². The highest BCUT2D eigenvalue weighted by Gasteiger charge is 2.29. The Balaban J connectivity index is 2.46. The van der Waals surface area contributed by atoms with Crippen molar-refractivity contribution in [2.45, 2.75) is 45.2 Å². The predicted octanol–water partition coefficient (Wildman–Crippen LogP) is 2.63. The highest BCUT2D eigenvalue weighted by atomic mass is 19.1. The lowest BCUT2D eigenvalue weighted by Crippen LogP contribution is -2.24. The molecule has 1 fully saturated rings. The van der Waals surface area contributed by atoms with E-state index in [0.717, 1.165) is 32.1 Å². The number of hydrogen-bond donors (Lipinski definition) is 1. The van der Waals surface area contributed by atoms with Gasteiger partial charge in [-0.3, -0.25) is 0 Å². The minimum absolute atomic E-state index is 0.248. The van der Waals surface area contributed by atoms with E-state index in [1.807, 2.05) is 0 Å². The molecule has 0 aliphatic heterocycles. The van der Waals surface area contributed by atoms with E-state index < -0.39 is 12.1 Å². The van der Waals surface area contributed by atoms with Crippen LogP contribution in [0.1, 0.15) is 39.0 Å². The number of carbonyl (C=O) groups is 1. The Morgan fingerprint density at radius 2 is 2.08 bits per heavy atom. The second-order valence-corrected chi connectivity index (χ2v) is 4.11. The summed E-state index contributed by atoms with van der Waals surface area (Å²) in [7, 11) is 0. The van der Waals surface area contributed by atoms with Crippen molar-refractivity contribution in [1.82, 2.24) is 0 Å². The third kappa shape index (κ3) is 2.98. The van der Waals surface area contributed by atoms with Gasteiger partial charge in [-0.2, -0.15) is 0 Å². The van der Waals surface area contributed by atoms with Crippen LogP contribution in [0.5, 0.6) is 0 Å². The van der Waals surface area contributed by atoms with Gasteiger partial charge in [0.05, 0.1) is 0 Å². The molecule has 1 aliphatic carbocycles. The van der Waals surface area contributed by atoms with Crippen LogP contribution in [0.4, 0.5) is 4.39 Å². The lowest BCUT2D eigenvalue weighted by molar-refractivity contribution is -0.145. The molecule has 1 saturated carbocycles. The van der Waals surface area contributed by atoms with Gasteiger partial charge in [-0.25, -0.2) is 9.18 Å². The quantitative estimate of drug-likeness (QED) is 0.676. The van der Waals surface area contributed by atoms with Crippen LogP contribution in [0.25, 0.3) is 0 Å². The van der Waals surface area contributed by atoms with Crippen molar-refractivity contribution in [2.75, 3.05) is 0 Å². The lowest BCUT2D eigenvalue weighted by atomic mass is 9.94. The maximum Gasteiger partial charge on any atom is 0.338 e. The van der Waals surface area contributed by atoms with Crippen molar-refractivity contribution in [3.8, 4) is 0 Å². The Hall–Kier alpha value is -0.600. The molecule has 13 heavy (non-hydrogen) atoms. The number of aliphatic carboxylic acids is 1. The van der Waals surface area contributed by atoms with Crippen LogP contribution in [-0.2, 0) is 4.79 Å². The standard InChI is InChI=1S/C10H17FO2/c1-7-3-2-4-8(6-5-7)9(11)10(12)13/h7-9H,2-6H2,1H3,(H,12,13). The Labute approximate surface area is 78.1 Å². The van der Waals surface area contributed by atoms with Gasteiger partial charge >= 0.3 is 5.97 Å². The van der Waals surface area contributed by atoms with Crippen molar-refractivity contribution in [1.29, 1.82) is 0 Å². The summed E-state index contributed by atoms with van der Waals surface area (Å²) in [5.74, 6) is -0.909. The van der Waals surface area contributed by atoms with Crippen LogP contribution in [0.3, 0.4) is 0 Å². The third-order valence-corrected chi connectivity index (χ3v) is 2.95. The van der Waals surface area contributed by atoms with Crippen LogP contribution >= 0.6 is 0 Å². The maximum absolute atomic E-state index is 13.1. The van der Waals surface area contributed by atoms with Gasteiger partial charge in [0.1, 0.15) is 0 Å². The SMILES string of the molecule is CC1CCCC(C(F)C(=O)O)CC1. The molecule has 1 rings (SSSR count). The Morgan fingerprint density at radius 1 is 1.38 bits per heavy atom. The number of rotatable bonds is 2. The van der Waals surface area contributed by atoms with Gasteiger partial charge in [-0.1, -0.05) is 26.2 Å². The van der Waals surface area contributed by atoms with Crippen molar-refractivity contribution < 1.29 is 14.3 Å². The molecule has 0 heterocycles. The molecular weight excluding hydrogens is 171 g/mol. The first kappa shape index (κ1) is 10.5. The predicted molar refractivity (Wildman–Crippen MR) is 48.3 cm³/mol. The number of hydrogen-bond acceptors (Lipinski definition) is 1. The maximum atomic E-state index is 13.1. The van der Waals surface area contributed by atoms with Crippen molar-refractivity contribution in [2.24, 2.45) is 11.8 Å². The molecule has 0 spiro atoms. The summed E-state index contributed by atoms with van der Waals surface area (Å²) in [6.07, 6.45) is 2.87. The largest absolute Gasteiger partial charge is 0.479 e. The lowest BCUT2D eigenvalue weighted by Gasteiger charge is -2.15. The molecule has 76 valence electrons. The van der Waals surface area contributed by atoms with E-state index >= 15 is 0 Å². The molecule has 3 atom stereocenters. The van der Waals surface area contributed by atoms with Gasteiger partial charge in [0.25, 0.3) is 0 Å². The van der Waals surface area contributed by atoms with E-state index in [0.29, 0.717) is 5.92 Å². The molecule has 0 aromatic heterocycles. The second-order valence-electron chi connectivity index (χ2n) is 4.11. The first-order valence-corrected chi connectivity index (χ1v) is 4.98. The minimum atomic E-state index is -1.65. The minimum Gasteiger partial charge on any atom is -0.479 e. The van der Waals surface area contributed by atoms with Gasteiger partial charge in [-0.05, 0) is 18.8 Å². The fourth-order valence-electron chi connectivity index (χ4n) is 2.01. The molecule has 0 amide bonds. The van der Waals surface area contributed by atoms with Crippen molar-refractivity contribution >= 4 is 5.97 Å². The summed E-state index contributed by atoms with van der Waals surface area (Å²) in [4.78, 5) is 10.4. The first-order valence-electron chi connectivity index (χ1n) is 4.98. The van der Waals surface area contributed by atoms with Crippen LogP contribution in [-0.4, -0.2) is 17.2 Å². The number of alkyl halides is 1. The summed E-state index contributed by atoms with van der Waals surface area (Å²) < 4.78 is 13.1. The Bertz CT molecular complexity index is 182. The molecular formula is C10H17FO2. The van der Waals surface area contributed by atoms with Gasteiger partial charge in [0, 0.05) is 5.92 Å². The van der Waals surface area contributed by atoms with Crippen LogP contribution < -0.4 is 0 Å². The van der Waals surface area contributed by atoms with E-state index in [1.165, 1.54) is 0 Å². The van der Waals surface area contributed by atoms with Crippen molar-refractivity contribution in [3.63, 3.8) is 0 Å². The normalized spacial score (nSPS) is 32.2. The van der Waals surface area contributed by atoms with E-state index in [2.05, 4.69) is 6.92 Å². The zero-order valence-corrected chi connectivity index (χ0v) is 8.00. The molecule has 2 nitrogen and oxygen atoms in total. The fourth-order valence-corrected chi connectivity index (χ4v) is 2.01. The molecule has 0 aromatic carbocycles. The Morgan fingerprint density at radius 3 is 2.69 bits per heavy atom. The monoisotopic (exact) mass is 188 g/mol. The smallest absolute Gasteiger partial charge is 0.338 e. The molecule has 0 aromatic rings. The third-order valence-electron chi connectivity index (χ3n) is 2.95. The molecule has 0 bridgehead atoms. The fraction of sp³-hybridized carbons (Fsp3) is 0.900. The van der Waals surface area contributed by atoms with E-state index in [1.54, 1.807) is 0 Å². The summed E-state index contributed by atoms with van der Waals surface area (Å²) >= 11 is 0. The molecule has 0 saturated heterocycles. The molecule has 1 N–H and O–H groups in total. The summed E-state index contributed by atoms with van der Waals surface area (Å²) in [5.41, 5.74) is 0. The first-order chi connectivity index (χ1) is 6.11. The van der Waals surface area contributed by atoms with E-state index in [-0.39, 0.29) is 5.92 Å². The summed E-state index contributed by atoms with van der Waals surface area (Å²) in [6, 6.07) is 0. The average Bonchev–Trinajstić information content (AvgIpc) is 2.28. The van der Waals surface area contributed by atoms with Gasteiger partial charge in [0.2, 0.25) is 0 Å². The van der Waals surface area contributed by atoms with E-state index in [4.69, 9.17) is 5.11 Å². The van der Waals surface area contributed by atoms with Crippen LogP contribution in [0.15, 0.2) is 0 Å². The second kappa shape index (κ2) is 4.58. The number of halogens is 1. The summed E-state index contributed by atoms with van der Waals surface area (Å²) in [5, 5.41) is 8.52. The highest BCUT2D eigenvalue weighted by Crippen LogP contribution is 2.30. The molecule has 3 heteroatoms. The molecule has 0 radical (unpaired) electrons.